The minimum Gasteiger partial charge on any atom is -0.398 e. The molecule has 1 heterocycles. The Morgan fingerprint density at radius 2 is 2.11 bits per heavy atom. The Hall–Kier alpha value is -1.91. The molecular weight excluding hydrogens is 238 g/mol. The summed E-state index contributed by atoms with van der Waals surface area (Å²) in [6, 6.07) is 5.97. The van der Waals surface area contributed by atoms with Gasteiger partial charge in [0.25, 0.3) is 0 Å². The standard InChI is InChI=1S/C14H19N5/c1-10-6-7-13(15)12(8-10)14-16-17-18-19(14)9-11-4-2-3-5-11/h6-8,11H,2-5,9,15H2,1H3. The molecule has 0 aliphatic heterocycles. The monoisotopic (exact) mass is 257 g/mol. The van der Waals surface area contributed by atoms with Crippen LogP contribution in [0, 0.1) is 12.8 Å². The normalized spacial score (nSPS) is 16.1. The van der Waals surface area contributed by atoms with E-state index in [1.807, 2.05) is 29.8 Å². The van der Waals surface area contributed by atoms with Gasteiger partial charge in [0.1, 0.15) is 0 Å². The second-order valence-corrected chi connectivity index (χ2v) is 5.43. The number of nitrogens with two attached hydrogens (primary N) is 1. The maximum Gasteiger partial charge on any atom is 0.184 e. The van der Waals surface area contributed by atoms with Gasteiger partial charge in [0.05, 0.1) is 0 Å². The molecule has 1 saturated carbocycles. The molecule has 0 atom stereocenters. The van der Waals surface area contributed by atoms with Crippen LogP contribution in [0.1, 0.15) is 31.2 Å². The fraction of sp³-hybridized carbons (Fsp3) is 0.500. The number of hydrogen-bond donors (Lipinski definition) is 1. The molecule has 0 saturated heterocycles. The number of nitrogens with zero attached hydrogens (tertiary/aromatic N) is 4. The van der Waals surface area contributed by atoms with Gasteiger partial charge in [-0.3, -0.25) is 0 Å². The first-order valence-corrected chi connectivity index (χ1v) is 6.86. The number of rotatable bonds is 3. The van der Waals surface area contributed by atoms with Gasteiger partial charge in [0.15, 0.2) is 5.82 Å². The second-order valence-electron chi connectivity index (χ2n) is 5.43. The van der Waals surface area contributed by atoms with Crippen LogP contribution in [-0.4, -0.2) is 20.2 Å². The Balaban J connectivity index is 1.92. The molecule has 1 aromatic carbocycles. The van der Waals surface area contributed by atoms with Crippen LogP contribution < -0.4 is 5.73 Å². The van der Waals surface area contributed by atoms with Crippen molar-refractivity contribution in [2.24, 2.45) is 5.92 Å². The summed E-state index contributed by atoms with van der Waals surface area (Å²) in [7, 11) is 0. The first-order chi connectivity index (χ1) is 9.24. The van der Waals surface area contributed by atoms with Crippen LogP contribution in [0.15, 0.2) is 18.2 Å². The second kappa shape index (κ2) is 4.99. The lowest BCUT2D eigenvalue weighted by Crippen LogP contribution is -2.11. The van der Waals surface area contributed by atoms with E-state index in [9.17, 15) is 0 Å². The Bertz CT molecular complexity index is 569. The van der Waals surface area contributed by atoms with Crippen molar-refractivity contribution in [3.63, 3.8) is 0 Å². The van der Waals surface area contributed by atoms with Gasteiger partial charge in [-0.1, -0.05) is 24.5 Å². The molecule has 19 heavy (non-hydrogen) atoms. The van der Waals surface area contributed by atoms with E-state index in [4.69, 9.17) is 5.73 Å². The molecular formula is C14H19N5. The van der Waals surface area contributed by atoms with E-state index in [0.717, 1.165) is 23.6 Å². The number of nitrogen functional groups attached to an aromatic ring is 1. The van der Waals surface area contributed by atoms with Gasteiger partial charge < -0.3 is 5.73 Å². The van der Waals surface area contributed by atoms with Gasteiger partial charge in [0.2, 0.25) is 0 Å². The molecule has 5 heteroatoms. The van der Waals surface area contributed by atoms with E-state index in [1.54, 1.807) is 0 Å². The average Bonchev–Trinajstić information content (AvgIpc) is 3.04. The minimum absolute atomic E-state index is 0.702. The zero-order valence-electron chi connectivity index (χ0n) is 11.2. The van der Waals surface area contributed by atoms with Gasteiger partial charge in [-0.2, -0.15) is 0 Å². The summed E-state index contributed by atoms with van der Waals surface area (Å²) >= 11 is 0. The number of benzene rings is 1. The lowest BCUT2D eigenvalue weighted by molar-refractivity contribution is 0.424. The Morgan fingerprint density at radius 3 is 2.89 bits per heavy atom. The highest BCUT2D eigenvalue weighted by Gasteiger charge is 2.19. The summed E-state index contributed by atoms with van der Waals surface area (Å²) in [6.45, 7) is 2.95. The van der Waals surface area contributed by atoms with Crippen LogP contribution in [0.3, 0.4) is 0 Å². The molecule has 0 amide bonds. The van der Waals surface area contributed by atoms with Crippen molar-refractivity contribution in [3.05, 3.63) is 23.8 Å². The van der Waals surface area contributed by atoms with Crippen LogP contribution in [-0.2, 0) is 6.54 Å². The van der Waals surface area contributed by atoms with E-state index in [1.165, 1.54) is 31.2 Å². The fourth-order valence-electron chi connectivity index (χ4n) is 2.82. The van der Waals surface area contributed by atoms with Gasteiger partial charge in [-0.25, -0.2) is 4.68 Å². The maximum absolute atomic E-state index is 6.05. The SMILES string of the molecule is Cc1ccc(N)c(-c2nnnn2CC2CCCC2)c1. The van der Waals surface area contributed by atoms with Crippen LogP contribution in [0.5, 0.6) is 0 Å². The Kier molecular flexibility index (Phi) is 3.19. The molecule has 1 aliphatic carbocycles. The largest absolute Gasteiger partial charge is 0.398 e. The summed E-state index contributed by atoms with van der Waals surface area (Å²) in [5.74, 6) is 1.49. The number of aryl methyl sites for hydroxylation is 1. The van der Waals surface area contributed by atoms with E-state index in [2.05, 4.69) is 15.5 Å². The van der Waals surface area contributed by atoms with Crippen LogP contribution in [0.2, 0.25) is 0 Å². The van der Waals surface area contributed by atoms with Gasteiger partial charge in [-0.15, -0.1) is 5.10 Å². The van der Waals surface area contributed by atoms with Crippen molar-refractivity contribution in [1.29, 1.82) is 0 Å². The van der Waals surface area contributed by atoms with Crippen LogP contribution >= 0.6 is 0 Å². The number of anilines is 1. The summed E-state index contributed by atoms with van der Waals surface area (Å²) in [5.41, 5.74) is 8.88. The minimum atomic E-state index is 0.702. The third kappa shape index (κ3) is 2.45. The zero-order chi connectivity index (χ0) is 13.2. The Labute approximate surface area is 112 Å². The molecule has 0 radical (unpaired) electrons. The highest BCUT2D eigenvalue weighted by molar-refractivity contribution is 5.71. The van der Waals surface area contributed by atoms with E-state index in [0.29, 0.717) is 5.92 Å². The predicted octanol–water partition coefficient (Wildman–Crippen LogP) is 2.42. The number of tetrazole rings is 1. The lowest BCUT2D eigenvalue weighted by atomic mass is 10.1. The van der Waals surface area contributed by atoms with Crippen molar-refractivity contribution in [2.45, 2.75) is 39.2 Å². The third-order valence-corrected chi connectivity index (χ3v) is 3.89. The molecule has 1 aliphatic rings. The van der Waals surface area contributed by atoms with Gasteiger partial charge in [-0.05, 0) is 48.2 Å². The summed E-state index contributed by atoms with van der Waals surface area (Å²) in [5, 5.41) is 12.1. The molecule has 2 aromatic rings. The number of hydrogen-bond acceptors (Lipinski definition) is 4. The molecule has 0 unspecified atom stereocenters. The molecule has 5 nitrogen and oxygen atoms in total. The summed E-state index contributed by atoms with van der Waals surface area (Å²) in [4.78, 5) is 0. The molecule has 0 bridgehead atoms. The molecule has 1 aromatic heterocycles. The summed E-state index contributed by atoms with van der Waals surface area (Å²) in [6.07, 6.45) is 5.22. The molecule has 0 spiro atoms. The van der Waals surface area contributed by atoms with Crippen molar-refractivity contribution in [1.82, 2.24) is 20.2 Å². The van der Waals surface area contributed by atoms with Crippen molar-refractivity contribution < 1.29 is 0 Å². The Morgan fingerprint density at radius 1 is 1.32 bits per heavy atom. The maximum atomic E-state index is 6.05. The van der Waals surface area contributed by atoms with Crippen molar-refractivity contribution >= 4 is 5.69 Å². The van der Waals surface area contributed by atoms with E-state index >= 15 is 0 Å². The molecule has 3 rings (SSSR count). The van der Waals surface area contributed by atoms with E-state index in [-0.39, 0.29) is 0 Å². The fourth-order valence-corrected chi connectivity index (χ4v) is 2.82. The van der Waals surface area contributed by atoms with Crippen LogP contribution in [0.4, 0.5) is 5.69 Å². The first kappa shape index (κ1) is 12.1. The summed E-state index contributed by atoms with van der Waals surface area (Å²) < 4.78 is 1.90. The smallest absolute Gasteiger partial charge is 0.184 e. The number of aromatic nitrogens is 4. The highest BCUT2D eigenvalue weighted by atomic mass is 15.5. The van der Waals surface area contributed by atoms with Gasteiger partial charge >= 0.3 is 0 Å². The predicted molar refractivity (Wildman–Crippen MR) is 74.4 cm³/mol. The average molecular weight is 257 g/mol. The van der Waals surface area contributed by atoms with Crippen molar-refractivity contribution in [3.8, 4) is 11.4 Å². The van der Waals surface area contributed by atoms with Crippen molar-refractivity contribution in [2.75, 3.05) is 5.73 Å². The highest BCUT2D eigenvalue weighted by Crippen LogP contribution is 2.29. The van der Waals surface area contributed by atoms with Crippen LogP contribution in [0.25, 0.3) is 11.4 Å². The zero-order valence-corrected chi connectivity index (χ0v) is 11.2. The lowest BCUT2D eigenvalue weighted by Gasteiger charge is -2.11. The molecule has 100 valence electrons. The molecule has 2 N–H and O–H groups in total. The van der Waals surface area contributed by atoms with Gasteiger partial charge in [0, 0.05) is 17.8 Å². The van der Waals surface area contributed by atoms with E-state index < -0.39 is 0 Å². The topological polar surface area (TPSA) is 69.6 Å². The first-order valence-electron chi connectivity index (χ1n) is 6.86. The molecule has 1 fully saturated rings. The quantitative estimate of drug-likeness (QED) is 0.857. The third-order valence-electron chi connectivity index (χ3n) is 3.89.